The molecule has 1 amide bonds. The van der Waals surface area contributed by atoms with Gasteiger partial charge in [-0.3, -0.25) is 9.59 Å². The smallest absolute Gasteiger partial charge is 0.311 e. The van der Waals surface area contributed by atoms with Crippen LogP contribution >= 0.6 is 0 Å². The Hall–Kier alpha value is -2.15. The van der Waals surface area contributed by atoms with E-state index in [1.807, 2.05) is 46.6 Å². The van der Waals surface area contributed by atoms with Crippen molar-refractivity contribution in [2.75, 3.05) is 21.3 Å². The summed E-state index contributed by atoms with van der Waals surface area (Å²) in [5.74, 6) is -3.47. The Kier molecular flexibility index (Phi) is 15.5. The molecule has 16 nitrogen and oxygen atoms in total. The summed E-state index contributed by atoms with van der Waals surface area (Å²) >= 11 is 0. The lowest BCUT2D eigenvalue weighted by molar-refractivity contribution is -0.315. The molecule has 4 rings (SSSR count). The number of nitrogens with zero attached hydrogens (tertiary/aromatic N) is 2. The molecule has 16 heteroatoms. The average molecular weight is 816 g/mol. The van der Waals surface area contributed by atoms with Crippen LogP contribution in [0.25, 0.3) is 0 Å². The first-order valence-corrected chi connectivity index (χ1v) is 20.7. The van der Waals surface area contributed by atoms with E-state index in [9.17, 15) is 24.9 Å². The topological polar surface area (TPSA) is 196 Å². The van der Waals surface area contributed by atoms with Crippen molar-refractivity contribution < 1.29 is 62.8 Å². The molecule has 4 saturated heterocycles. The molecule has 1 unspecified atom stereocenters. The van der Waals surface area contributed by atoms with Gasteiger partial charge in [-0.1, -0.05) is 20.8 Å². The van der Waals surface area contributed by atoms with Crippen molar-refractivity contribution in [1.29, 1.82) is 0 Å². The number of hydrogen-bond acceptors (Lipinski definition) is 14. The van der Waals surface area contributed by atoms with Crippen molar-refractivity contribution >= 4 is 17.9 Å². The number of esters is 1. The number of aliphatic imine (C=N–C) groups is 1. The number of nitrogens with one attached hydrogen (secondary N) is 1. The maximum absolute atomic E-state index is 14.4. The molecule has 4 fully saturated rings. The number of methoxy groups -OCH3 is 2. The van der Waals surface area contributed by atoms with Gasteiger partial charge in [-0.05, 0) is 81.6 Å². The minimum Gasteiger partial charge on any atom is -0.459 e. The lowest BCUT2D eigenvalue weighted by atomic mass is 9.77. The SMILES string of the molecule is CCC1OC(=O)[C@H](C)[C@@H](O[C@H]2C[C@@](C)(OC)[C@@H](O)[C@H](C)O2)[C@@H](C)[C@@H](O[C@@H]2O[C@H](C)C[C@H]3[C@H]2OC(=NC(C)C)N3C)[C@](C)(OC)C[C@@H](C)C(=O)N[C@H](C)[C@@H](O)[C@]1(C)O. The predicted molar refractivity (Wildman–Crippen MR) is 210 cm³/mol. The van der Waals surface area contributed by atoms with Crippen LogP contribution in [-0.2, 0) is 47.5 Å². The van der Waals surface area contributed by atoms with E-state index in [1.165, 1.54) is 14.0 Å². The van der Waals surface area contributed by atoms with Gasteiger partial charge in [-0.2, -0.15) is 0 Å². The van der Waals surface area contributed by atoms with Gasteiger partial charge < -0.3 is 63.4 Å². The second kappa shape index (κ2) is 18.6. The van der Waals surface area contributed by atoms with E-state index >= 15 is 0 Å². The number of rotatable bonds is 8. The first-order valence-electron chi connectivity index (χ1n) is 20.7. The van der Waals surface area contributed by atoms with E-state index in [4.69, 9.17) is 42.9 Å². The summed E-state index contributed by atoms with van der Waals surface area (Å²) in [5, 5.41) is 37.0. The zero-order chi connectivity index (χ0) is 42.9. The first kappa shape index (κ1) is 47.5. The van der Waals surface area contributed by atoms with E-state index in [0.717, 1.165) is 0 Å². The average Bonchev–Trinajstić information content (AvgIpc) is 3.45. The number of carbonyl (C=O) groups is 2. The monoisotopic (exact) mass is 816 g/mol. The number of hydrogen-bond donors (Lipinski definition) is 4. The van der Waals surface area contributed by atoms with Crippen LogP contribution in [0, 0.1) is 17.8 Å². The fraction of sp³-hybridized carbons (Fsp3) is 0.927. The molecule has 57 heavy (non-hydrogen) atoms. The van der Waals surface area contributed by atoms with Gasteiger partial charge in [0.25, 0.3) is 6.02 Å². The fourth-order valence-corrected chi connectivity index (χ4v) is 9.09. The van der Waals surface area contributed by atoms with Crippen molar-refractivity contribution in [2.24, 2.45) is 22.7 Å². The normalized spacial score (nSPS) is 47.5. The number of aliphatic hydroxyl groups excluding tert-OH is 2. The minimum absolute atomic E-state index is 0.0154. The quantitative estimate of drug-likeness (QED) is 0.261. The largest absolute Gasteiger partial charge is 0.459 e. The van der Waals surface area contributed by atoms with Crippen molar-refractivity contribution in [3.63, 3.8) is 0 Å². The van der Waals surface area contributed by atoms with Crippen molar-refractivity contribution in [2.45, 2.75) is 205 Å². The van der Waals surface area contributed by atoms with E-state index in [0.29, 0.717) is 12.4 Å². The Morgan fingerprint density at radius 3 is 2.14 bits per heavy atom. The number of aliphatic hydroxyl groups is 3. The summed E-state index contributed by atoms with van der Waals surface area (Å²) in [6.45, 7) is 21.3. The van der Waals surface area contributed by atoms with Gasteiger partial charge in [-0.25, -0.2) is 4.99 Å². The standard InChI is InChI=1S/C41H73N3O13/c1-16-28-41(12,49)32(45)25(8)43-35(47)21(4)18-40(11,51-15)34(57-37-31-27(17-22(5)52-37)44(13)38(56-31)42-20(2)3)23(6)30(24(7)36(48)54-28)55-29-19-39(10,50-14)33(46)26(9)53-29/h20-34,37,45-46,49H,16-19H2,1-15H3,(H,43,47)/t21-,22-,23-,24-,25-,26+,27+,28?,29+,30+,31-,32-,33+,34-,37+,39-,40-,41-/m1/s1. The molecule has 0 aromatic heterocycles. The molecule has 4 heterocycles. The Morgan fingerprint density at radius 2 is 1.56 bits per heavy atom. The number of cyclic esters (lactones) is 1. The van der Waals surface area contributed by atoms with Crippen LogP contribution in [0.3, 0.4) is 0 Å². The van der Waals surface area contributed by atoms with Crippen molar-refractivity contribution in [3.8, 4) is 0 Å². The molecule has 4 aliphatic rings. The van der Waals surface area contributed by atoms with E-state index in [2.05, 4.69) is 5.32 Å². The number of amidine groups is 1. The number of likely N-dealkylation sites (N-methyl/N-ethyl adjacent to an activating group) is 1. The summed E-state index contributed by atoms with van der Waals surface area (Å²) in [6, 6.07) is -0.554. The molecular formula is C41H73N3O13. The van der Waals surface area contributed by atoms with Gasteiger partial charge in [-0.15, -0.1) is 0 Å². The molecule has 0 aliphatic carbocycles. The third kappa shape index (κ3) is 10.1. The van der Waals surface area contributed by atoms with Gasteiger partial charge in [0.15, 0.2) is 18.7 Å². The Morgan fingerprint density at radius 1 is 0.930 bits per heavy atom. The van der Waals surface area contributed by atoms with Crippen LogP contribution in [0.2, 0.25) is 0 Å². The summed E-state index contributed by atoms with van der Waals surface area (Å²) in [6.07, 6.45) is -7.78. The van der Waals surface area contributed by atoms with Crippen LogP contribution in [0.1, 0.15) is 109 Å². The number of ether oxygens (including phenoxy) is 8. The highest BCUT2D eigenvalue weighted by molar-refractivity contribution is 5.79. The van der Waals surface area contributed by atoms with Crippen LogP contribution < -0.4 is 5.32 Å². The van der Waals surface area contributed by atoms with Crippen LogP contribution in [-0.4, -0.2) is 156 Å². The molecule has 0 aromatic carbocycles. The first-order chi connectivity index (χ1) is 26.4. The Balaban J connectivity index is 1.87. The highest BCUT2D eigenvalue weighted by Crippen LogP contribution is 2.42. The van der Waals surface area contributed by atoms with E-state index in [-0.39, 0.29) is 43.4 Å². The predicted octanol–water partition coefficient (Wildman–Crippen LogP) is 2.91. The highest BCUT2D eigenvalue weighted by Gasteiger charge is 2.55. The fourth-order valence-electron chi connectivity index (χ4n) is 9.09. The van der Waals surface area contributed by atoms with E-state index < -0.39 is 102 Å². The highest BCUT2D eigenvalue weighted by atomic mass is 16.7. The molecular weight excluding hydrogens is 742 g/mol. The lowest BCUT2D eigenvalue weighted by Gasteiger charge is -2.49. The minimum atomic E-state index is -1.94. The third-order valence-electron chi connectivity index (χ3n) is 12.9. The molecule has 4 N–H and O–H groups in total. The van der Waals surface area contributed by atoms with Crippen LogP contribution in [0.15, 0.2) is 4.99 Å². The maximum Gasteiger partial charge on any atom is 0.311 e. The molecule has 0 spiro atoms. The summed E-state index contributed by atoms with van der Waals surface area (Å²) < 4.78 is 51.3. The maximum atomic E-state index is 14.4. The molecule has 330 valence electrons. The molecule has 0 saturated carbocycles. The second-order valence-corrected chi connectivity index (χ2v) is 18.0. The molecule has 18 atom stereocenters. The van der Waals surface area contributed by atoms with Crippen LogP contribution in [0.5, 0.6) is 0 Å². The Labute approximate surface area is 339 Å². The van der Waals surface area contributed by atoms with Gasteiger partial charge in [0.1, 0.15) is 23.9 Å². The number of carbonyl (C=O) groups excluding carboxylic acids is 2. The van der Waals surface area contributed by atoms with Gasteiger partial charge in [0.2, 0.25) is 5.91 Å². The Bertz CT molecular complexity index is 1400. The zero-order valence-corrected chi connectivity index (χ0v) is 36.9. The number of fused-ring (bicyclic) bond motifs is 1. The summed E-state index contributed by atoms with van der Waals surface area (Å²) in [5.41, 5.74) is -4.20. The van der Waals surface area contributed by atoms with E-state index in [1.54, 1.807) is 48.7 Å². The molecule has 4 aliphatic heterocycles. The lowest BCUT2D eigenvalue weighted by Crippen LogP contribution is -2.60. The molecule has 0 aromatic rings. The van der Waals surface area contributed by atoms with Gasteiger partial charge in [0.05, 0.1) is 53.6 Å². The zero-order valence-electron chi connectivity index (χ0n) is 36.9. The number of amides is 1. The van der Waals surface area contributed by atoms with Gasteiger partial charge in [0, 0.05) is 45.6 Å². The second-order valence-electron chi connectivity index (χ2n) is 18.0. The molecule has 0 bridgehead atoms. The van der Waals surface area contributed by atoms with Crippen LogP contribution in [0.4, 0.5) is 0 Å². The van der Waals surface area contributed by atoms with Gasteiger partial charge >= 0.3 is 5.97 Å². The molecule has 0 radical (unpaired) electrons. The third-order valence-corrected chi connectivity index (χ3v) is 12.9. The van der Waals surface area contributed by atoms with Crippen molar-refractivity contribution in [1.82, 2.24) is 10.2 Å². The summed E-state index contributed by atoms with van der Waals surface area (Å²) in [4.78, 5) is 35.0. The summed E-state index contributed by atoms with van der Waals surface area (Å²) in [7, 11) is 5.00. The van der Waals surface area contributed by atoms with Crippen molar-refractivity contribution in [3.05, 3.63) is 0 Å².